The molecule has 0 aromatic carbocycles. The molecule has 15 heavy (non-hydrogen) atoms. The molecule has 5 heteroatoms. The van der Waals surface area contributed by atoms with Crippen LogP contribution >= 0.6 is 0 Å². The number of carboxylic acid groups (broad SMARTS) is 1. The summed E-state index contributed by atoms with van der Waals surface area (Å²) < 4.78 is 0. The van der Waals surface area contributed by atoms with E-state index < -0.39 is 12.0 Å². The normalized spacial score (nSPS) is 21.5. The minimum Gasteiger partial charge on any atom is -0.480 e. The number of rotatable bonds is 5. The molecule has 1 saturated heterocycles. The zero-order valence-corrected chi connectivity index (χ0v) is 9.03. The number of likely N-dealkylation sites (tertiary alicyclic amines) is 1. The van der Waals surface area contributed by atoms with Crippen LogP contribution in [-0.4, -0.2) is 47.6 Å². The van der Waals surface area contributed by atoms with Crippen LogP contribution in [0.3, 0.4) is 0 Å². The summed E-state index contributed by atoms with van der Waals surface area (Å²) in [5.74, 6) is -0.902. The second-order valence-electron chi connectivity index (χ2n) is 3.82. The van der Waals surface area contributed by atoms with Crippen molar-refractivity contribution in [1.29, 1.82) is 0 Å². The molecule has 0 bridgehead atoms. The summed E-state index contributed by atoms with van der Waals surface area (Å²) in [5, 5.41) is 11.6. The number of carbonyl (C=O) groups is 2. The van der Waals surface area contributed by atoms with Crippen molar-refractivity contribution in [3.8, 4) is 0 Å². The number of hydrogen-bond acceptors (Lipinski definition) is 3. The zero-order valence-electron chi connectivity index (χ0n) is 9.03. The van der Waals surface area contributed by atoms with Crippen LogP contribution in [-0.2, 0) is 9.59 Å². The predicted molar refractivity (Wildman–Crippen MR) is 55.5 cm³/mol. The molecule has 1 unspecified atom stereocenters. The molecule has 86 valence electrons. The minimum atomic E-state index is -0.823. The average Bonchev–Trinajstić information content (AvgIpc) is 2.62. The molecule has 1 heterocycles. The Kier molecular flexibility index (Phi) is 4.55. The van der Waals surface area contributed by atoms with E-state index in [0.717, 1.165) is 12.8 Å². The van der Waals surface area contributed by atoms with E-state index in [-0.39, 0.29) is 12.5 Å². The summed E-state index contributed by atoms with van der Waals surface area (Å²) >= 11 is 0. The largest absolute Gasteiger partial charge is 0.480 e. The lowest BCUT2D eigenvalue weighted by atomic mass is 10.2. The first kappa shape index (κ1) is 12.0. The average molecular weight is 214 g/mol. The third-order valence-corrected chi connectivity index (χ3v) is 2.57. The number of amides is 1. The molecule has 1 aliphatic rings. The Hall–Kier alpha value is -1.10. The first-order chi connectivity index (χ1) is 7.15. The number of carboxylic acids is 1. The number of hydrogen-bond donors (Lipinski definition) is 2. The molecule has 2 N–H and O–H groups in total. The van der Waals surface area contributed by atoms with Gasteiger partial charge in [-0.05, 0) is 25.8 Å². The van der Waals surface area contributed by atoms with Crippen LogP contribution in [0.15, 0.2) is 0 Å². The lowest BCUT2D eigenvalue weighted by molar-refractivity contribution is -0.142. The fraction of sp³-hybridized carbons (Fsp3) is 0.800. The van der Waals surface area contributed by atoms with Crippen LogP contribution in [0.5, 0.6) is 0 Å². The molecular weight excluding hydrogens is 196 g/mol. The third-order valence-electron chi connectivity index (χ3n) is 2.57. The molecular formula is C10H18N2O3. The number of nitrogens with one attached hydrogen (secondary N) is 1. The van der Waals surface area contributed by atoms with Crippen molar-refractivity contribution >= 4 is 11.9 Å². The third kappa shape index (κ3) is 3.51. The van der Waals surface area contributed by atoms with Crippen molar-refractivity contribution < 1.29 is 14.7 Å². The molecule has 0 spiro atoms. The summed E-state index contributed by atoms with van der Waals surface area (Å²) in [6.07, 6.45) is 2.41. The van der Waals surface area contributed by atoms with Crippen LogP contribution in [0, 0.1) is 0 Å². The Morgan fingerprint density at radius 1 is 1.53 bits per heavy atom. The van der Waals surface area contributed by atoms with Crippen molar-refractivity contribution in [3.63, 3.8) is 0 Å². The van der Waals surface area contributed by atoms with E-state index >= 15 is 0 Å². The van der Waals surface area contributed by atoms with Gasteiger partial charge in [-0.2, -0.15) is 0 Å². The van der Waals surface area contributed by atoms with Gasteiger partial charge in [-0.3, -0.25) is 14.5 Å². The van der Waals surface area contributed by atoms with Crippen LogP contribution in [0.2, 0.25) is 0 Å². The fourth-order valence-corrected chi connectivity index (χ4v) is 1.80. The quantitative estimate of drug-likeness (QED) is 0.679. The van der Waals surface area contributed by atoms with Crippen LogP contribution < -0.4 is 5.32 Å². The van der Waals surface area contributed by atoms with E-state index in [2.05, 4.69) is 5.32 Å². The molecule has 5 nitrogen and oxygen atoms in total. The first-order valence-electron chi connectivity index (χ1n) is 5.38. The SMILES string of the molecule is CCCNC(=O)CN1CCCC1C(=O)O. The Labute approximate surface area is 89.4 Å². The molecule has 1 amide bonds. The summed E-state index contributed by atoms with van der Waals surface area (Å²) in [4.78, 5) is 23.9. The summed E-state index contributed by atoms with van der Waals surface area (Å²) in [7, 11) is 0. The molecule has 0 aromatic rings. The second kappa shape index (κ2) is 5.70. The van der Waals surface area contributed by atoms with Gasteiger partial charge in [0, 0.05) is 6.54 Å². The molecule has 0 aromatic heterocycles. The zero-order chi connectivity index (χ0) is 11.3. The van der Waals surface area contributed by atoms with Crippen molar-refractivity contribution in [2.75, 3.05) is 19.6 Å². The van der Waals surface area contributed by atoms with Gasteiger partial charge < -0.3 is 10.4 Å². The maximum absolute atomic E-state index is 11.4. The highest BCUT2D eigenvalue weighted by Crippen LogP contribution is 2.16. The predicted octanol–water partition coefficient (Wildman–Crippen LogP) is 0.0616. The molecule has 1 atom stereocenters. The van der Waals surface area contributed by atoms with Crippen molar-refractivity contribution in [2.24, 2.45) is 0 Å². The van der Waals surface area contributed by atoms with E-state index in [1.807, 2.05) is 6.92 Å². The van der Waals surface area contributed by atoms with Crippen LogP contribution in [0.25, 0.3) is 0 Å². The summed E-state index contributed by atoms with van der Waals surface area (Å²) in [6, 6.07) is -0.475. The van der Waals surface area contributed by atoms with Gasteiger partial charge in [0.05, 0.1) is 6.54 Å². The summed E-state index contributed by atoms with van der Waals surface area (Å²) in [6.45, 7) is 3.55. The van der Waals surface area contributed by atoms with Crippen molar-refractivity contribution in [1.82, 2.24) is 10.2 Å². The van der Waals surface area contributed by atoms with E-state index in [4.69, 9.17) is 5.11 Å². The number of nitrogens with zero attached hydrogens (tertiary/aromatic N) is 1. The van der Waals surface area contributed by atoms with Gasteiger partial charge in [0.15, 0.2) is 0 Å². The monoisotopic (exact) mass is 214 g/mol. The van der Waals surface area contributed by atoms with Gasteiger partial charge in [0.1, 0.15) is 6.04 Å². The van der Waals surface area contributed by atoms with Gasteiger partial charge in [0.25, 0.3) is 0 Å². The summed E-state index contributed by atoms with van der Waals surface area (Å²) in [5.41, 5.74) is 0. The highest BCUT2D eigenvalue weighted by molar-refractivity contribution is 5.80. The van der Waals surface area contributed by atoms with E-state index in [1.165, 1.54) is 0 Å². The number of aliphatic carboxylic acids is 1. The van der Waals surface area contributed by atoms with Gasteiger partial charge in [0.2, 0.25) is 5.91 Å². The van der Waals surface area contributed by atoms with Crippen molar-refractivity contribution in [3.05, 3.63) is 0 Å². The molecule has 0 saturated carbocycles. The van der Waals surface area contributed by atoms with E-state index in [0.29, 0.717) is 19.5 Å². The standard InChI is InChI=1S/C10H18N2O3/c1-2-5-11-9(13)7-12-6-3-4-8(12)10(14)15/h8H,2-7H2,1H3,(H,11,13)(H,14,15). The van der Waals surface area contributed by atoms with Crippen LogP contribution in [0.4, 0.5) is 0 Å². The van der Waals surface area contributed by atoms with E-state index in [1.54, 1.807) is 4.90 Å². The minimum absolute atomic E-state index is 0.0787. The van der Waals surface area contributed by atoms with Gasteiger partial charge in [-0.15, -0.1) is 0 Å². The fourth-order valence-electron chi connectivity index (χ4n) is 1.80. The Morgan fingerprint density at radius 3 is 2.87 bits per heavy atom. The topological polar surface area (TPSA) is 69.6 Å². The van der Waals surface area contributed by atoms with Crippen LogP contribution in [0.1, 0.15) is 26.2 Å². The maximum Gasteiger partial charge on any atom is 0.320 e. The second-order valence-corrected chi connectivity index (χ2v) is 3.82. The van der Waals surface area contributed by atoms with E-state index in [9.17, 15) is 9.59 Å². The van der Waals surface area contributed by atoms with Gasteiger partial charge in [-0.1, -0.05) is 6.92 Å². The molecule has 1 fully saturated rings. The molecule has 1 aliphatic heterocycles. The molecule has 0 radical (unpaired) electrons. The van der Waals surface area contributed by atoms with Gasteiger partial charge >= 0.3 is 5.97 Å². The van der Waals surface area contributed by atoms with Crippen molar-refractivity contribution in [2.45, 2.75) is 32.2 Å². The Morgan fingerprint density at radius 2 is 2.27 bits per heavy atom. The lowest BCUT2D eigenvalue weighted by Crippen LogP contribution is -2.43. The van der Waals surface area contributed by atoms with Gasteiger partial charge in [-0.25, -0.2) is 0 Å². The first-order valence-corrected chi connectivity index (χ1v) is 5.38. The molecule has 0 aliphatic carbocycles. The number of carbonyl (C=O) groups excluding carboxylic acids is 1. The molecule has 1 rings (SSSR count). The lowest BCUT2D eigenvalue weighted by Gasteiger charge is -2.20. The highest BCUT2D eigenvalue weighted by atomic mass is 16.4. The Bertz CT molecular complexity index is 243. The maximum atomic E-state index is 11.4. The smallest absolute Gasteiger partial charge is 0.320 e. The Balaban J connectivity index is 2.36. The highest BCUT2D eigenvalue weighted by Gasteiger charge is 2.31.